The summed E-state index contributed by atoms with van der Waals surface area (Å²) in [6, 6.07) is 8.76. The first-order valence-electron chi connectivity index (χ1n) is 6.66. The van der Waals surface area contributed by atoms with Crippen LogP contribution in [0.5, 0.6) is 5.75 Å². The van der Waals surface area contributed by atoms with E-state index in [1.54, 1.807) is 24.3 Å². The number of benzene rings is 2. The van der Waals surface area contributed by atoms with E-state index in [2.05, 4.69) is 4.98 Å². The Morgan fingerprint density at radius 2 is 1.67 bits per heavy atom. The summed E-state index contributed by atoms with van der Waals surface area (Å²) in [6.07, 6.45) is 0. The fraction of sp³-hybridized carbons (Fsp3) is 0.0625. The third kappa shape index (κ3) is 2.83. The van der Waals surface area contributed by atoms with Gasteiger partial charge in [-0.25, -0.2) is 13.8 Å². The molecule has 0 aliphatic rings. The molecule has 0 unspecified atom stereocenters. The van der Waals surface area contributed by atoms with Gasteiger partial charge in [-0.1, -0.05) is 23.2 Å². The van der Waals surface area contributed by atoms with Crippen LogP contribution in [0.3, 0.4) is 0 Å². The third-order valence-electron chi connectivity index (χ3n) is 3.39. The van der Waals surface area contributed by atoms with Crippen LogP contribution in [0.4, 0.5) is 8.78 Å². The lowest BCUT2D eigenvalue weighted by atomic mass is 10.1. The van der Waals surface area contributed by atoms with E-state index < -0.39 is 11.6 Å². The average Bonchev–Trinajstić information content (AvgIpc) is 2.83. The van der Waals surface area contributed by atoms with Crippen molar-refractivity contribution in [3.05, 3.63) is 63.5 Å². The normalized spacial score (nSPS) is 10.9. The Labute approximate surface area is 151 Å². The zero-order chi connectivity index (χ0) is 17.4. The lowest BCUT2D eigenvalue weighted by Crippen LogP contribution is -2.02. The molecule has 0 saturated heterocycles. The molecule has 3 nitrogen and oxygen atoms in total. The Kier molecular flexibility index (Phi) is 4.67. The van der Waals surface area contributed by atoms with Gasteiger partial charge in [0.1, 0.15) is 5.82 Å². The van der Waals surface area contributed by atoms with Crippen LogP contribution < -0.4 is 4.74 Å². The van der Waals surface area contributed by atoms with Gasteiger partial charge in [-0.15, -0.1) is 0 Å². The molecule has 3 aromatic rings. The molecule has 0 saturated carbocycles. The van der Waals surface area contributed by atoms with Gasteiger partial charge in [0.05, 0.1) is 18.4 Å². The van der Waals surface area contributed by atoms with E-state index in [1.165, 1.54) is 17.7 Å². The summed E-state index contributed by atoms with van der Waals surface area (Å²) in [5.41, 5.74) is 0.104. The molecule has 8 heteroatoms. The van der Waals surface area contributed by atoms with Crippen LogP contribution in [-0.4, -0.2) is 16.7 Å². The fourth-order valence-corrected chi connectivity index (χ4v) is 3.01. The topological polar surface area (TPSA) is 27.1 Å². The number of nitrogens with zero attached hydrogens (tertiary/aromatic N) is 2. The van der Waals surface area contributed by atoms with Gasteiger partial charge in [0.25, 0.3) is 0 Å². The number of rotatable bonds is 3. The molecule has 1 heterocycles. The van der Waals surface area contributed by atoms with Crippen molar-refractivity contribution < 1.29 is 13.5 Å². The van der Waals surface area contributed by atoms with Gasteiger partial charge >= 0.3 is 0 Å². The molecule has 0 aliphatic carbocycles. The monoisotopic (exact) mass is 388 g/mol. The molecule has 0 N–H and O–H groups in total. The van der Waals surface area contributed by atoms with Crippen LogP contribution in [-0.2, 0) is 0 Å². The Bertz CT molecular complexity index is 911. The van der Waals surface area contributed by atoms with Gasteiger partial charge < -0.3 is 4.74 Å². The fourth-order valence-electron chi connectivity index (χ4n) is 2.32. The lowest BCUT2D eigenvalue weighted by Gasteiger charge is -2.13. The van der Waals surface area contributed by atoms with Crippen molar-refractivity contribution in [2.45, 2.75) is 0 Å². The summed E-state index contributed by atoms with van der Waals surface area (Å²) in [5, 5.41) is 0.321. The molecule has 24 heavy (non-hydrogen) atoms. The first-order valence-corrected chi connectivity index (χ1v) is 7.79. The third-order valence-corrected chi connectivity index (χ3v) is 4.16. The maximum Gasteiger partial charge on any atom is 0.209 e. The van der Waals surface area contributed by atoms with Gasteiger partial charge in [0.2, 0.25) is 5.28 Å². The molecular formula is C16H9Cl3F2N2O. The SMILES string of the molecule is COc1ccc(F)c(-c2c(Cl)nc(Cl)n2-c2ccc(Cl)cc2)c1F. The molecule has 0 spiro atoms. The van der Waals surface area contributed by atoms with Crippen molar-refractivity contribution in [1.82, 2.24) is 9.55 Å². The van der Waals surface area contributed by atoms with Crippen molar-refractivity contribution in [2.75, 3.05) is 7.11 Å². The highest BCUT2D eigenvalue weighted by Crippen LogP contribution is 2.39. The highest BCUT2D eigenvalue weighted by molar-refractivity contribution is 6.34. The number of halogens is 5. The quantitative estimate of drug-likeness (QED) is 0.567. The van der Waals surface area contributed by atoms with E-state index in [0.29, 0.717) is 10.7 Å². The standard InChI is InChI=1S/C16H9Cl3F2N2O/c1-24-11-7-6-10(20)12(13(11)21)14-15(18)22-16(19)23(14)9-4-2-8(17)3-5-9/h2-7H,1H3. The molecule has 0 radical (unpaired) electrons. The summed E-state index contributed by atoms with van der Waals surface area (Å²) < 4.78 is 35.2. The van der Waals surface area contributed by atoms with E-state index in [9.17, 15) is 8.78 Å². The molecule has 1 aromatic heterocycles. The van der Waals surface area contributed by atoms with Crippen molar-refractivity contribution >= 4 is 34.8 Å². The summed E-state index contributed by atoms with van der Waals surface area (Å²) in [6.45, 7) is 0. The number of hydrogen-bond donors (Lipinski definition) is 0. The van der Waals surface area contributed by atoms with E-state index in [1.807, 2.05) is 0 Å². The van der Waals surface area contributed by atoms with Gasteiger partial charge in [-0.2, -0.15) is 0 Å². The lowest BCUT2D eigenvalue weighted by molar-refractivity contribution is 0.385. The minimum atomic E-state index is -0.897. The molecule has 2 aromatic carbocycles. The molecule has 0 bridgehead atoms. The van der Waals surface area contributed by atoms with Crippen LogP contribution in [0.15, 0.2) is 36.4 Å². The van der Waals surface area contributed by atoms with E-state index in [0.717, 1.165) is 6.07 Å². The average molecular weight is 390 g/mol. The van der Waals surface area contributed by atoms with Crippen molar-refractivity contribution in [1.29, 1.82) is 0 Å². The van der Waals surface area contributed by atoms with Gasteiger partial charge in [-0.05, 0) is 48.0 Å². The predicted octanol–water partition coefficient (Wildman–Crippen LogP) is 5.79. The molecule has 124 valence electrons. The first kappa shape index (κ1) is 17.0. The van der Waals surface area contributed by atoms with Crippen LogP contribution in [0.1, 0.15) is 0 Å². The maximum atomic E-state index is 14.6. The second-order valence-electron chi connectivity index (χ2n) is 4.77. The summed E-state index contributed by atoms with van der Waals surface area (Å²) >= 11 is 18.1. The maximum absolute atomic E-state index is 14.6. The second-order valence-corrected chi connectivity index (χ2v) is 5.90. The van der Waals surface area contributed by atoms with Gasteiger partial charge in [0, 0.05) is 10.7 Å². The zero-order valence-corrected chi connectivity index (χ0v) is 14.4. The number of aromatic nitrogens is 2. The largest absolute Gasteiger partial charge is 0.494 e. The van der Waals surface area contributed by atoms with Crippen molar-refractivity contribution in [2.24, 2.45) is 0 Å². The number of hydrogen-bond acceptors (Lipinski definition) is 2. The van der Waals surface area contributed by atoms with Gasteiger partial charge in [0.15, 0.2) is 16.7 Å². The Hall–Kier alpha value is -1.82. The number of ether oxygens (including phenoxy) is 1. The second kappa shape index (κ2) is 6.59. The number of methoxy groups -OCH3 is 1. The minimum Gasteiger partial charge on any atom is -0.494 e. The molecule has 0 aliphatic heterocycles. The molecule has 0 fully saturated rings. The molecule has 3 rings (SSSR count). The van der Waals surface area contributed by atoms with Crippen LogP contribution in [0, 0.1) is 11.6 Å². The van der Waals surface area contributed by atoms with Gasteiger partial charge in [-0.3, -0.25) is 4.57 Å². The van der Waals surface area contributed by atoms with E-state index >= 15 is 0 Å². The van der Waals surface area contributed by atoms with E-state index in [-0.39, 0.29) is 27.4 Å². The highest BCUT2D eigenvalue weighted by Gasteiger charge is 2.25. The first-order chi connectivity index (χ1) is 11.4. The highest BCUT2D eigenvalue weighted by atomic mass is 35.5. The smallest absolute Gasteiger partial charge is 0.209 e. The van der Waals surface area contributed by atoms with Crippen LogP contribution >= 0.6 is 34.8 Å². The summed E-state index contributed by atoms with van der Waals surface area (Å²) in [7, 11) is 1.28. The Morgan fingerprint density at radius 3 is 2.29 bits per heavy atom. The Morgan fingerprint density at radius 1 is 1.00 bits per heavy atom. The molecule has 0 atom stereocenters. The minimum absolute atomic E-state index is 0.0158. The predicted molar refractivity (Wildman–Crippen MR) is 90.5 cm³/mol. The van der Waals surface area contributed by atoms with E-state index in [4.69, 9.17) is 39.5 Å². The van der Waals surface area contributed by atoms with Crippen LogP contribution in [0.2, 0.25) is 15.5 Å². The molecular weight excluding hydrogens is 381 g/mol. The summed E-state index contributed by atoms with van der Waals surface area (Å²) in [5.74, 6) is -1.84. The molecule has 0 amide bonds. The zero-order valence-electron chi connectivity index (χ0n) is 12.2. The van der Waals surface area contributed by atoms with Crippen molar-refractivity contribution in [3.8, 4) is 22.7 Å². The number of imidazole rings is 1. The van der Waals surface area contributed by atoms with Crippen LogP contribution in [0.25, 0.3) is 16.9 Å². The summed E-state index contributed by atoms with van der Waals surface area (Å²) in [4.78, 5) is 3.91. The Balaban J connectivity index is 2.33. The van der Waals surface area contributed by atoms with Crippen molar-refractivity contribution in [3.63, 3.8) is 0 Å².